The van der Waals surface area contributed by atoms with Gasteiger partial charge in [0.2, 0.25) is 0 Å². The van der Waals surface area contributed by atoms with Crippen molar-refractivity contribution in [2.24, 2.45) is 0 Å². The van der Waals surface area contributed by atoms with Crippen LogP contribution in [0.25, 0.3) is 10.9 Å². The number of aryl methyl sites for hydroxylation is 1. The highest BCUT2D eigenvalue weighted by molar-refractivity contribution is 8.10. The topological polar surface area (TPSA) is 87.3 Å². The van der Waals surface area contributed by atoms with Crippen LogP contribution in [-0.4, -0.2) is 27.6 Å². The van der Waals surface area contributed by atoms with E-state index in [0.717, 1.165) is 17.7 Å². The molecular formula is C24H19F3N2O4S2. The number of aromatic amines is 1. The van der Waals surface area contributed by atoms with Gasteiger partial charge < -0.3 is 4.98 Å². The molecule has 0 amide bonds. The van der Waals surface area contributed by atoms with Crippen molar-refractivity contribution in [1.82, 2.24) is 4.98 Å². The number of H-pyrrole nitrogens is 1. The first-order chi connectivity index (χ1) is 16.4. The molecule has 182 valence electrons. The molecule has 2 heterocycles. The average Bonchev–Trinajstić information content (AvgIpc) is 3.16. The maximum atomic E-state index is 13.6. The fraction of sp³-hybridized carbons (Fsp3) is 0.167. The zero-order valence-corrected chi connectivity index (χ0v) is 19.9. The van der Waals surface area contributed by atoms with Crippen LogP contribution in [0.1, 0.15) is 28.2 Å². The van der Waals surface area contributed by atoms with Gasteiger partial charge >= 0.3 is 6.18 Å². The summed E-state index contributed by atoms with van der Waals surface area (Å²) in [5.74, 6) is -1.92. The minimum Gasteiger partial charge on any atom is -0.339 e. The number of halogens is 3. The fourth-order valence-electron chi connectivity index (χ4n) is 4.42. The number of anilines is 1. The molecule has 1 aromatic heterocycles. The molecule has 0 saturated carbocycles. The number of nitrogens with zero attached hydrogens (tertiary/aromatic N) is 1. The second-order valence-electron chi connectivity index (χ2n) is 8.40. The standard InChI is InChI=1S/C24H19F3N2O4S2/c1-15-9-11-18(12-10-15)35(32,33)29-23-22(19-7-2-3-8-21(19)28-23)20(14-34(29,30)31)16-5-4-6-17(13-16)24(25,26)27/h2-13,20,28H,14H2,1H3. The largest absolute Gasteiger partial charge is 0.416 e. The average molecular weight is 521 g/mol. The van der Waals surface area contributed by atoms with Crippen LogP contribution < -0.4 is 3.71 Å². The van der Waals surface area contributed by atoms with Crippen LogP contribution in [0.5, 0.6) is 0 Å². The maximum absolute atomic E-state index is 13.6. The number of para-hydroxylation sites is 1. The first-order valence-electron chi connectivity index (χ1n) is 10.5. The second kappa shape index (κ2) is 7.85. The molecule has 0 fully saturated rings. The predicted molar refractivity (Wildman–Crippen MR) is 126 cm³/mol. The number of nitrogens with one attached hydrogen (secondary N) is 1. The van der Waals surface area contributed by atoms with E-state index in [1.807, 2.05) is 0 Å². The lowest BCUT2D eigenvalue weighted by atomic mass is 9.90. The Hall–Kier alpha value is -3.31. The lowest BCUT2D eigenvalue weighted by Crippen LogP contribution is -2.43. The van der Waals surface area contributed by atoms with Crippen LogP contribution in [0.2, 0.25) is 0 Å². The summed E-state index contributed by atoms with van der Waals surface area (Å²) >= 11 is 0. The van der Waals surface area contributed by atoms with E-state index in [1.165, 1.54) is 24.3 Å². The van der Waals surface area contributed by atoms with Gasteiger partial charge in [0, 0.05) is 22.4 Å². The van der Waals surface area contributed by atoms with Crippen molar-refractivity contribution in [3.63, 3.8) is 0 Å². The van der Waals surface area contributed by atoms with E-state index in [1.54, 1.807) is 43.3 Å². The number of alkyl halides is 3. The zero-order chi connectivity index (χ0) is 25.2. The Labute approximate surface area is 200 Å². The Morgan fingerprint density at radius 1 is 0.971 bits per heavy atom. The Bertz CT molecular complexity index is 1660. The second-order valence-corrected chi connectivity index (χ2v) is 12.3. The van der Waals surface area contributed by atoms with Crippen molar-refractivity contribution < 1.29 is 30.0 Å². The van der Waals surface area contributed by atoms with Crippen LogP contribution in [-0.2, 0) is 26.2 Å². The summed E-state index contributed by atoms with van der Waals surface area (Å²) < 4.78 is 94.7. The Morgan fingerprint density at radius 3 is 2.34 bits per heavy atom. The molecule has 0 spiro atoms. The minimum atomic E-state index is -4.62. The highest BCUT2D eigenvalue weighted by Crippen LogP contribution is 2.46. The summed E-state index contributed by atoms with van der Waals surface area (Å²) in [5.41, 5.74) is 0.785. The van der Waals surface area contributed by atoms with Gasteiger partial charge in [0.05, 0.1) is 16.2 Å². The zero-order valence-electron chi connectivity index (χ0n) is 18.2. The lowest BCUT2D eigenvalue weighted by Gasteiger charge is -2.32. The summed E-state index contributed by atoms with van der Waals surface area (Å²) in [5, 5.41) is 0.531. The van der Waals surface area contributed by atoms with E-state index in [0.29, 0.717) is 20.2 Å². The van der Waals surface area contributed by atoms with Crippen molar-refractivity contribution >= 4 is 36.8 Å². The number of benzene rings is 3. The first-order valence-corrected chi connectivity index (χ1v) is 13.6. The van der Waals surface area contributed by atoms with Gasteiger partial charge in [-0.05, 0) is 36.8 Å². The third-order valence-electron chi connectivity index (χ3n) is 6.04. The van der Waals surface area contributed by atoms with Gasteiger partial charge in [-0.2, -0.15) is 21.6 Å². The molecule has 1 aliphatic heterocycles. The number of aromatic nitrogens is 1. The van der Waals surface area contributed by atoms with E-state index in [-0.39, 0.29) is 16.3 Å². The molecule has 0 bridgehead atoms. The maximum Gasteiger partial charge on any atom is 0.416 e. The van der Waals surface area contributed by atoms with Gasteiger partial charge in [-0.3, -0.25) is 0 Å². The van der Waals surface area contributed by atoms with Crippen molar-refractivity contribution in [2.45, 2.75) is 23.9 Å². The van der Waals surface area contributed by atoms with Crippen LogP contribution in [0.4, 0.5) is 19.0 Å². The summed E-state index contributed by atoms with van der Waals surface area (Å²) in [6, 6.07) is 16.9. The van der Waals surface area contributed by atoms with E-state index in [4.69, 9.17) is 0 Å². The fourth-order valence-corrected chi connectivity index (χ4v) is 8.45. The van der Waals surface area contributed by atoms with Crippen molar-refractivity contribution in [1.29, 1.82) is 0 Å². The van der Waals surface area contributed by atoms with Crippen LogP contribution in [0.15, 0.2) is 77.7 Å². The molecule has 1 aliphatic rings. The van der Waals surface area contributed by atoms with E-state index >= 15 is 0 Å². The van der Waals surface area contributed by atoms with Gasteiger partial charge in [0.15, 0.2) is 0 Å². The van der Waals surface area contributed by atoms with E-state index < -0.39 is 43.5 Å². The number of fused-ring (bicyclic) bond motifs is 3. The quantitative estimate of drug-likeness (QED) is 0.404. The third kappa shape index (κ3) is 3.88. The summed E-state index contributed by atoms with van der Waals surface area (Å²) in [7, 11) is -9.06. The SMILES string of the molecule is Cc1ccc(S(=O)(=O)N2c3[nH]c4ccccc4c3C(c3cccc(C(F)(F)F)c3)CS2(=O)=O)cc1. The normalized spacial score (nSPS) is 17.9. The smallest absolute Gasteiger partial charge is 0.339 e. The number of hydrogen-bond donors (Lipinski definition) is 1. The van der Waals surface area contributed by atoms with E-state index in [2.05, 4.69) is 4.98 Å². The molecule has 0 radical (unpaired) electrons. The molecule has 35 heavy (non-hydrogen) atoms. The van der Waals surface area contributed by atoms with Gasteiger partial charge in [-0.1, -0.05) is 54.1 Å². The predicted octanol–water partition coefficient (Wildman–Crippen LogP) is 5.17. The molecule has 1 N–H and O–H groups in total. The Kier molecular flexibility index (Phi) is 5.26. The van der Waals surface area contributed by atoms with Crippen molar-refractivity contribution in [3.05, 3.63) is 95.1 Å². The number of hydrogen-bond acceptors (Lipinski definition) is 4. The summed E-state index contributed by atoms with van der Waals surface area (Å²) in [6.45, 7) is 1.77. The molecule has 1 unspecified atom stereocenters. The molecule has 1 atom stereocenters. The molecule has 3 aromatic carbocycles. The molecule has 6 nitrogen and oxygen atoms in total. The summed E-state index contributed by atoms with van der Waals surface area (Å²) in [4.78, 5) is 2.68. The molecule has 0 aliphatic carbocycles. The van der Waals surface area contributed by atoms with Gasteiger partial charge in [-0.15, -0.1) is 3.71 Å². The molecule has 0 saturated heterocycles. The van der Waals surface area contributed by atoms with Crippen LogP contribution in [0.3, 0.4) is 0 Å². The Balaban J connectivity index is 1.77. The molecular weight excluding hydrogens is 501 g/mol. The molecule has 5 rings (SSSR count). The number of rotatable bonds is 3. The van der Waals surface area contributed by atoms with Crippen molar-refractivity contribution in [2.75, 3.05) is 9.46 Å². The monoisotopic (exact) mass is 520 g/mol. The lowest BCUT2D eigenvalue weighted by molar-refractivity contribution is -0.137. The van der Waals surface area contributed by atoms with Crippen LogP contribution in [0, 0.1) is 6.92 Å². The molecule has 4 aromatic rings. The molecule has 11 heteroatoms. The van der Waals surface area contributed by atoms with Gasteiger partial charge in [0.25, 0.3) is 20.0 Å². The van der Waals surface area contributed by atoms with Crippen molar-refractivity contribution in [3.8, 4) is 0 Å². The highest BCUT2D eigenvalue weighted by Gasteiger charge is 2.46. The van der Waals surface area contributed by atoms with Crippen LogP contribution >= 0.6 is 0 Å². The van der Waals surface area contributed by atoms with Gasteiger partial charge in [-0.25, -0.2) is 8.42 Å². The first kappa shape index (κ1) is 23.4. The van der Waals surface area contributed by atoms with E-state index in [9.17, 15) is 30.0 Å². The minimum absolute atomic E-state index is 0.127. The third-order valence-corrected chi connectivity index (χ3v) is 10.2. The Morgan fingerprint density at radius 2 is 1.66 bits per heavy atom. The van der Waals surface area contributed by atoms with Gasteiger partial charge in [0.1, 0.15) is 5.82 Å². The number of sulfonamides is 2. The summed E-state index contributed by atoms with van der Waals surface area (Å²) in [6.07, 6.45) is -4.62. The highest BCUT2D eigenvalue weighted by atomic mass is 32.3.